The lowest BCUT2D eigenvalue weighted by atomic mass is 10.0. The fourth-order valence-electron chi connectivity index (χ4n) is 10.4. The van der Waals surface area contributed by atoms with Gasteiger partial charge in [-0.15, -0.1) is 0 Å². The van der Waals surface area contributed by atoms with E-state index < -0.39 is 18.4 Å². The van der Waals surface area contributed by atoms with Crippen molar-refractivity contribution in [2.75, 3.05) is 47.5 Å². The van der Waals surface area contributed by atoms with Gasteiger partial charge in [0.15, 0.2) is 6.10 Å². The van der Waals surface area contributed by atoms with E-state index in [4.69, 9.17) is 18.9 Å². The topological polar surface area (TPSA) is 108 Å². The van der Waals surface area contributed by atoms with E-state index in [0.29, 0.717) is 17.4 Å². The number of rotatable bonds is 64. The summed E-state index contributed by atoms with van der Waals surface area (Å²) in [5, 5.41) is 9.71. The molecule has 0 amide bonds. The molecule has 0 heterocycles. The van der Waals surface area contributed by atoms with Crippen LogP contribution < -0.4 is 0 Å². The summed E-state index contributed by atoms with van der Waals surface area (Å²) in [5.74, 6) is -1.97. The third-order valence-corrected chi connectivity index (χ3v) is 15.6. The number of likely N-dealkylation sites (N-methyl/N-ethyl adjacent to an activating group) is 1. The van der Waals surface area contributed by atoms with Gasteiger partial charge in [-0.05, 0) is 12.8 Å². The molecule has 0 radical (unpaired) electrons. The van der Waals surface area contributed by atoms with Crippen molar-refractivity contribution < 1.29 is 42.9 Å². The summed E-state index contributed by atoms with van der Waals surface area (Å²) in [5.41, 5.74) is 0. The van der Waals surface area contributed by atoms with Gasteiger partial charge in [0.25, 0.3) is 6.29 Å². The SMILES string of the molecule is CCCCCCCCCCCCCCCCCCCCCCCCCCCCCCCCCCCCCCC(=O)OC(COC(=O)CCCCCCCCCCCCCCCCC)COC(OCC[N+](C)(C)C)C(=O)O. The highest BCUT2D eigenvalue weighted by molar-refractivity contribution is 5.71. The molecule has 76 heavy (non-hydrogen) atoms. The Morgan fingerprint density at radius 1 is 0.342 bits per heavy atom. The molecule has 0 aromatic rings. The second-order valence-corrected chi connectivity index (χ2v) is 24.5. The van der Waals surface area contributed by atoms with Crippen LogP contribution in [0.5, 0.6) is 0 Å². The number of unbranched alkanes of at least 4 members (excludes halogenated alkanes) is 49. The summed E-state index contributed by atoms with van der Waals surface area (Å²) < 4.78 is 22.9. The van der Waals surface area contributed by atoms with Gasteiger partial charge in [-0.2, -0.15) is 0 Å². The molecule has 0 aromatic carbocycles. The highest BCUT2D eigenvalue weighted by Gasteiger charge is 2.25. The minimum atomic E-state index is -1.50. The molecular weight excluding hydrogens is 947 g/mol. The number of nitrogens with zero attached hydrogens (tertiary/aromatic N) is 1. The van der Waals surface area contributed by atoms with Crippen LogP contribution in [0.3, 0.4) is 0 Å². The number of aliphatic carboxylic acids is 1. The Balaban J connectivity index is 3.94. The summed E-state index contributed by atoms with van der Waals surface area (Å²) in [4.78, 5) is 37.5. The summed E-state index contributed by atoms with van der Waals surface area (Å²) >= 11 is 0. The van der Waals surface area contributed by atoms with E-state index in [9.17, 15) is 19.5 Å². The number of quaternary nitrogens is 1. The van der Waals surface area contributed by atoms with Gasteiger partial charge < -0.3 is 28.5 Å². The first-order chi connectivity index (χ1) is 37.1. The molecule has 0 fully saturated rings. The van der Waals surface area contributed by atoms with Crippen LogP contribution in [0, 0.1) is 0 Å². The van der Waals surface area contributed by atoms with Crippen molar-refractivity contribution in [3.8, 4) is 0 Å². The maximum Gasteiger partial charge on any atom is 0.361 e. The van der Waals surface area contributed by atoms with Crippen molar-refractivity contribution >= 4 is 17.9 Å². The average Bonchev–Trinajstić information content (AvgIpc) is 3.39. The van der Waals surface area contributed by atoms with E-state index in [2.05, 4.69) is 13.8 Å². The molecular formula is C67H132NO8+. The minimum absolute atomic E-state index is 0.172. The number of hydrogen-bond donors (Lipinski definition) is 1. The monoisotopic (exact) mass is 1080 g/mol. The van der Waals surface area contributed by atoms with Crippen LogP contribution in [-0.2, 0) is 33.3 Å². The largest absolute Gasteiger partial charge is 0.477 e. The zero-order valence-electron chi connectivity index (χ0n) is 51.7. The third kappa shape index (κ3) is 59.9. The zero-order valence-corrected chi connectivity index (χ0v) is 51.7. The van der Waals surface area contributed by atoms with E-state index in [1.54, 1.807) is 0 Å². The lowest BCUT2D eigenvalue weighted by molar-refractivity contribution is -0.870. The van der Waals surface area contributed by atoms with E-state index >= 15 is 0 Å². The van der Waals surface area contributed by atoms with Crippen molar-refractivity contribution in [3.63, 3.8) is 0 Å². The van der Waals surface area contributed by atoms with Gasteiger partial charge in [-0.3, -0.25) is 9.59 Å². The number of carbonyl (C=O) groups is 3. The van der Waals surface area contributed by atoms with Crippen LogP contribution in [0.2, 0.25) is 0 Å². The van der Waals surface area contributed by atoms with Gasteiger partial charge in [0, 0.05) is 12.8 Å². The lowest BCUT2D eigenvalue weighted by Crippen LogP contribution is -2.40. The van der Waals surface area contributed by atoms with Crippen molar-refractivity contribution in [3.05, 3.63) is 0 Å². The first-order valence-corrected chi connectivity index (χ1v) is 33.7. The number of ether oxygens (including phenoxy) is 4. The highest BCUT2D eigenvalue weighted by Crippen LogP contribution is 2.19. The Bertz CT molecular complexity index is 1210. The quantitative estimate of drug-likeness (QED) is 0.0278. The number of carbonyl (C=O) groups excluding carboxylic acids is 2. The molecule has 2 atom stereocenters. The van der Waals surface area contributed by atoms with Crippen LogP contribution in [0.1, 0.15) is 354 Å². The van der Waals surface area contributed by atoms with Gasteiger partial charge in [-0.25, -0.2) is 4.79 Å². The van der Waals surface area contributed by atoms with Crippen LogP contribution in [-0.4, -0.2) is 87.4 Å². The standard InChI is InChI=1S/C67H131NO8/c1-6-8-10-12-14-16-18-20-22-23-24-25-26-27-28-29-30-31-32-33-34-35-36-37-38-39-40-41-42-44-46-48-50-52-54-56-58-65(70)76-63(62-75-67(66(71)72)73-60-59-68(3,4)5)61-74-64(69)57-55-53-51-49-47-45-43-21-19-17-15-13-11-9-7-2/h63,67H,6-62H2,1-5H3/p+1. The van der Waals surface area contributed by atoms with Crippen LogP contribution in [0.4, 0.5) is 0 Å². The maximum atomic E-state index is 12.9. The molecule has 0 bridgehead atoms. The van der Waals surface area contributed by atoms with Gasteiger partial charge in [0.05, 0.1) is 34.4 Å². The molecule has 452 valence electrons. The van der Waals surface area contributed by atoms with Gasteiger partial charge >= 0.3 is 17.9 Å². The molecule has 0 aliphatic heterocycles. The summed E-state index contributed by atoms with van der Waals surface area (Å²) in [6, 6.07) is 0. The molecule has 9 nitrogen and oxygen atoms in total. The molecule has 0 saturated carbocycles. The first-order valence-electron chi connectivity index (χ1n) is 33.7. The number of hydrogen-bond acceptors (Lipinski definition) is 7. The molecule has 0 saturated heterocycles. The Morgan fingerprint density at radius 3 is 0.842 bits per heavy atom. The second-order valence-electron chi connectivity index (χ2n) is 24.5. The Morgan fingerprint density at radius 2 is 0.592 bits per heavy atom. The van der Waals surface area contributed by atoms with E-state index in [-0.39, 0.29) is 38.2 Å². The predicted octanol–water partition coefficient (Wildman–Crippen LogP) is 20.3. The molecule has 1 N–H and O–H groups in total. The van der Waals surface area contributed by atoms with Crippen molar-refractivity contribution in [1.29, 1.82) is 0 Å². The zero-order chi connectivity index (χ0) is 55.5. The second kappa shape index (κ2) is 59.4. The molecule has 0 rings (SSSR count). The molecule has 9 heteroatoms. The van der Waals surface area contributed by atoms with E-state index in [1.807, 2.05) is 21.1 Å². The lowest BCUT2D eigenvalue weighted by Gasteiger charge is -2.25. The average molecular weight is 1080 g/mol. The number of carboxylic acids is 1. The Hall–Kier alpha value is -1.71. The first kappa shape index (κ1) is 74.3. The van der Waals surface area contributed by atoms with Gasteiger partial charge in [-0.1, -0.05) is 328 Å². The highest BCUT2D eigenvalue weighted by atomic mass is 16.7. The molecule has 0 aliphatic rings. The van der Waals surface area contributed by atoms with Gasteiger partial charge in [0.2, 0.25) is 0 Å². The fourth-order valence-corrected chi connectivity index (χ4v) is 10.4. The smallest absolute Gasteiger partial charge is 0.361 e. The predicted molar refractivity (Wildman–Crippen MR) is 323 cm³/mol. The van der Waals surface area contributed by atoms with E-state index in [1.165, 1.54) is 289 Å². The number of esters is 2. The third-order valence-electron chi connectivity index (χ3n) is 15.6. The summed E-state index contributed by atoms with van der Waals surface area (Å²) in [7, 11) is 5.99. The Labute approximate surface area is 473 Å². The van der Waals surface area contributed by atoms with Crippen LogP contribution in [0.25, 0.3) is 0 Å². The van der Waals surface area contributed by atoms with Crippen molar-refractivity contribution in [2.45, 2.75) is 367 Å². The van der Waals surface area contributed by atoms with Crippen molar-refractivity contribution in [1.82, 2.24) is 0 Å². The van der Waals surface area contributed by atoms with Crippen LogP contribution in [0.15, 0.2) is 0 Å². The van der Waals surface area contributed by atoms with Crippen molar-refractivity contribution in [2.24, 2.45) is 0 Å². The Kier molecular flexibility index (Phi) is 58.1. The normalized spacial score (nSPS) is 12.6. The van der Waals surface area contributed by atoms with Crippen LogP contribution >= 0.6 is 0 Å². The molecule has 0 aliphatic carbocycles. The fraction of sp³-hybridized carbons (Fsp3) is 0.955. The molecule has 2 unspecified atom stereocenters. The summed E-state index contributed by atoms with van der Waals surface area (Å²) in [6.07, 6.45) is 66.6. The minimum Gasteiger partial charge on any atom is -0.477 e. The number of carboxylic acid groups (broad SMARTS) is 1. The molecule has 0 aromatic heterocycles. The maximum absolute atomic E-state index is 12.9. The van der Waals surface area contributed by atoms with Gasteiger partial charge in [0.1, 0.15) is 13.2 Å². The molecule has 0 spiro atoms. The van der Waals surface area contributed by atoms with E-state index in [0.717, 1.165) is 38.5 Å². The summed E-state index contributed by atoms with van der Waals surface area (Å²) in [6.45, 7) is 4.95.